The highest BCUT2D eigenvalue weighted by Gasteiger charge is 2.48. The molecular weight excluding hydrogens is 398 g/mol. The van der Waals surface area contributed by atoms with Gasteiger partial charge in [0.25, 0.3) is 0 Å². The second-order valence-electron chi connectivity index (χ2n) is 10.7. The van der Waals surface area contributed by atoms with E-state index in [1.807, 2.05) is 21.0 Å². The summed E-state index contributed by atoms with van der Waals surface area (Å²) in [6, 6.07) is 7.13. The Labute approximate surface area is 193 Å². The van der Waals surface area contributed by atoms with Gasteiger partial charge >= 0.3 is 0 Å². The molecule has 1 aromatic rings. The quantitative estimate of drug-likeness (QED) is 0.378. The molecule has 0 saturated heterocycles. The molecule has 176 valence electrons. The lowest BCUT2D eigenvalue weighted by atomic mass is 9.68. The van der Waals surface area contributed by atoms with Crippen molar-refractivity contribution in [3.63, 3.8) is 0 Å². The summed E-state index contributed by atoms with van der Waals surface area (Å²) in [6.45, 7) is 3.95. The zero-order chi connectivity index (χ0) is 22.7. The number of methoxy groups -OCH3 is 1. The molecule has 0 aromatic heterocycles. The predicted molar refractivity (Wildman–Crippen MR) is 130 cm³/mol. The number of guanidine groups is 1. The van der Waals surface area contributed by atoms with Gasteiger partial charge in [0.1, 0.15) is 0 Å². The number of nitrogens with zero attached hydrogens (tertiary/aromatic N) is 2. The number of ether oxygens (including phenoxy) is 1. The number of rotatable bonds is 6. The normalized spacial score (nSPS) is 28.8. The molecule has 32 heavy (non-hydrogen) atoms. The van der Waals surface area contributed by atoms with Crippen LogP contribution in [0.3, 0.4) is 0 Å². The molecule has 1 unspecified atom stereocenters. The Balaban J connectivity index is 1.66. The Morgan fingerprint density at radius 3 is 2.56 bits per heavy atom. The topological polar surface area (TPSA) is 67.9 Å². The van der Waals surface area contributed by atoms with Crippen molar-refractivity contribution in [1.29, 1.82) is 0 Å². The zero-order valence-corrected chi connectivity index (χ0v) is 20.2. The van der Waals surface area contributed by atoms with Crippen molar-refractivity contribution in [2.75, 3.05) is 7.11 Å². The van der Waals surface area contributed by atoms with Gasteiger partial charge in [-0.05, 0) is 75.0 Å². The summed E-state index contributed by atoms with van der Waals surface area (Å²) in [5.41, 5.74) is 10.7. The standard InChI is InChI=1S/C27H41N3O2/c1-19(2)30(18-31)26(28)29-25-24-16-21(15-20-7-5-4-6-8-20)9-10-22(24)17-27(25)13-11-23(32-3)12-14-27/h9-10,16,18-20,23,25H,4-8,11-15,17H2,1-3H3,(H2,28,29)/t23-,25?,27-. The molecule has 1 aromatic carbocycles. The van der Waals surface area contributed by atoms with Gasteiger partial charge in [-0.1, -0.05) is 50.3 Å². The summed E-state index contributed by atoms with van der Waals surface area (Å²) < 4.78 is 5.66. The molecule has 1 atom stereocenters. The number of aliphatic imine (C=N–C) groups is 1. The van der Waals surface area contributed by atoms with E-state index in [1.54, 1.807) is 4.90 Å². The average molecular weight is 440 g/mol. The van der Waals surface area contributed by atoms with Crippen LogP contribution >= 0.6 is 0 Å². The molecule has 0 heterocycles. The number of carbonyl (C=O) groups is 1. The highest BCUT2D eigenvalue weighted by molar-refractivity contribution is 5.88. The van der Waals surface area contributed by atoms with E-state index >= 15 is 0 Å². The zero-order valence-electron chi connectivity index (χ0n) is 20.2. The van der Waals surface area contributed by atoms with Gasteiger partial charge in [-0.25, -0.2) is 4.99 Å². The van der Waals surface area contributed by atoms with Gasteiger partial charge in [-0.2, -0.15) is 0 Å². The minimum Gasteiger partial charge on any atom is -0.381 e. The van der Waals surface area contributed by atoms with Crippen LogP contribution in [0.1, 0.15) is 94.4 Å². The van der Waals surface area contributed by atoms with Crippen LogP contribution in [-0.2, 0) is 22.4 Å². The van der Waals surface area contributed by atoms with E-state index < -0.39 is 0 Å². The number of benzene rings is 1. The van der Waals surface area contributed by atoms with E-state index in [4.69, 9.17) is 15.5 Å². The van der Waals surface area contributed by atoms with Crippen LogP contribution in [0.15, 0.2) is 23.2 Å². The predicted octanol–water partition coefficient (Wildman–Crippen LogP) is 5.16. The lowest BCUT2D eigenvalue weighted by Crippen LogP contribution is -2.42. The first kappa shape index (κ1) is 23.3. The van der Waals surface area contributed by atoms with E-state index in [0.717, 1.165) is 44.4 Å². The fourth-order valence-corrected chi connectivity index (χ4v) is 6.42. The average Bonchev–Trinajstić information content (AvgIpc) is 3.07. The minimum atomic E-state index is -0.00469. The van der Waals surface area contributed by atoms with Crippen LogP contribution in [0.4, 0.5) is 0 Å². The molecule has 2 fully saturated rings. The van der Waals surface area contributed by atoms with Gasteiger partial charge in [0.2, 0.25) is 6.41 Å². The van der Waals surface area contributed by atoms with E-state index in [-0.39, 0.29) is 17.5 Å². The van der Waals surface area contributed by atoms with Gasteiger partial charge in [0.15, 0.2) is 5.96 Å². The molecule has 0 radical (unpaired) electrons. The fourth-order valence-electron chi connectivity index (χ4n) is 6.42. The van der Waals surface area contributed by atoms with Gasteiger partial charge in [-0.3, -0.25) is 9.69 Å². The van der Waals surface area contributed by atoms with Crippen LogP contribution < -0.4 is 5.73 Å². The van der Waals surface area contributed by atoms with Crippen molar-refractivity contribution >= 4 is 12.4 Å². The summed E-state index contributed by atoms with van der Waals surface area (Å²) in [6.07, 6.45) is 14.5. The van der Waals surface area contributed by atoms with Crippen LogP contribution in [0.25, 0.3) is 0 Å². The molecule has 1 amide bonds. The largest absolute Gasteiger partial charge is 0.381 e. The lowest BCUT2D eigenvalue weighted by Gasteiger charge is -2.40. The maximum Gasteiger partial charge on any atom is 0.216 e. The summed E-state index contributed by atoms with van der Waals surface area (Å²) in [5.74, 6) is 1.16. The Kier molecular flexibility index (Phi) is 7.24. The van der Waals surface area contributed by atoms with Gasteiger partial charge < -0.3 is 10.5 Å². The number of hydrogen-bond acceptors (Lipinski definition) is 3. The molecule has 2 N–H and O–H groups in total. The number of fused-ring (bicyclic) bond motifs is 1. The van der Waals surface area contributed by atoms with Gasteiger partial charge in [0, 0.05) is 18.6 Å². The first-order valence-corrected chi connectivity index (χ1v) is 12.7. The number of hydrogen-bond donors (Lipinski definition) is 1. The van der Waals surface area contributed by atoms with Crippen molar-refractivity contribution in [2.24, 2.45) is 22.1 Å². The van der Waals surface area contributed by atoms with Crippen LogP contribution in [0.5, 0.6) is 0 Å². The molecule has 0 bridgehead atoms. The van der Waals surface area contributed by atoms with Crippen molar-refractivity contribution in [3.8, 4) is 0 Å². The molecule has 3 aliphatic carbocycles. The van der Waals surface area contributed by atoms with Crippen molar-refractivity contribution in [1.82, 2.24) is 4.90 Å². The van der Waals surface area contributed by atoms with Crippen LogP contribution in [-0.4, -0.2) is 36.5 Å². The van der Waals surface area contributed by atoms with E-state index in [0.29, 0.717) is 12.1 Å². The Hall–Kier alpha value is -1.88. The molecule has 1 spiro atoms. The molecule has 5 heteroatoms. The molecule has 2 saturated carbocycles. The first-order valence-electron chi connectivity index (χ1n) is 12.7. The summed E-state index contributed by atoms with van der Waals surface area (Å²) in [4.78, 5) is 18.3. The number of amides is 1. The summed E-state index contributed by atoms with van der Waals surface area (Å²) >= 11 is 0. The van der Waals surface area contributed by atoms with Crippen molar-refractivity contribution in [3.05, 3.63) is 34.9 Å². The third-order valence-corrected chi connectivity index (χ3v) is 8.33. The SMILES string of the molecule is CO[C@H]1CC[C@]2(CC1)Cc1ccc(CC3CCCCC3)cc1C2/N=C(/N)N(C=O)C(C)C. The lowest BCUT2D eigenvalue weighted by molar-refractivity contribution is -0.115. The van der Waals surface area contributed by atoms with E-state index in [9.17, 15) is 4.79 Å². The summed E-state index contributed by atoms with van der Waals surface area (Å²) in [7, 11) is 1.82. The Morgan fingerprint density at radius 2 is 1.94 bits per heavy atom. The monoisotopic (exact) mass is 439 g/mol. The Morgan fingerprint density at radius 1 is 1.22 bits per heavy atom. The van der Waals surface area contributed by atoms with Crippen molar-refractivity contribution in [2.45, 2.75) is 103 Å². The van der Waals surface area contributed by atoms with Crippen LogP contribution in [0, 0.1) is 11.3 Å². The number of nitrogens with two attached hydrogens (primary N) is 1. The fraction of sp³-hybridized carbons (Fsp3) is 0.704. The van der Waals surface area contributed by atoms with Crippen LogP contribution in [0.2, 0.25) is 0 Å². The highest BCUT2D eigenvalue weighted by Crippen LogP contribution is 2.56. The first-order chi connectivity index (χ1) is 15.5. The maximum atomic E-state index is 11.7. The maximum absolute atomic E-state index is 11.7. The number of carbonyl (C=O) groups excluding carboxylic acids is 1. The minimum absolute atomic E-state index is 0.00469. The van der Waals surface area contributed by atoms with Gasteiger partial charge in [0.05, 0.1) is 12.1 Å². The molecule has 3 aliphatic rings. The smallest absolute Gasteiger partial charge is 0.216 e. The molecule has 5 nitrogen and oxygen atoms in total. The Bertz CT molecular complexity index is 820. The van der Waals surface area contributed by atoms with Gasteiger partial charge in [-0.15, -0.1) is 0 Å². The third kappa shape index (κ3) is 4.73. The molecule has 0 aliphatic heterocycles. The molecular formula is C27H41N3O2. The summed E-state index contributed by atoms with van der Waals surface area (Å²) in [5, 5.41) is 0. The second-order valence-corrected chi connectivity index (χ2v) is 10.7. The molecule has 4 rings (SSSR count). The second kappa shape index (κ2) is 9.94. The van der Waals surface area contributed by atoms with E-state index in [2.05, 4.69) is 18.2 Å². The van der Waals surface area contributed by atoms with Crippen molar-refractivity contribution < 1.29 is 9.53 Å². The third-order valence-electron chi connectivity index (χ3n) is 8.33. The highest BCUT2D eigenvalue weighted by atomic mass is 16.5. The van der Waals surface area contributed by atoms with E-state index in [1.165, 1.54) is 55.2 Å².